The Hall–Kier alpha value is -1.06. The molecular weight excluding hydrogens is 253 g/mol. The molecule has 1 saturated heterocycles. The van der Waals surface area contributed by atoms with Crippen LogP contribution in [0.25, 0.3) is 0 Å². The van der Waals surface area contributed by atoms with Gasteiger partial charge in [-0.2, -0.15) is 0 Å². The van der Waals surface area contributed by atoms with Crippen LogP contribution in [-0.4, -0.2) is 30.1 Å². The smallest absolute Gasteiger partial charge is 0.145 e. The number of rotatable bonds is 2. The summed E-state index contributed by atoms with van der Waals surface area (Å²) in [6.45, 7) is 0. The first kappa shape index (κ1) is 12.0. The van der Waals surface area contributed by atoms with Crippen LogP contribution in [0.1, 0.15) is 12.8 Å². The van der Waals surface area contributed by atoms with E-state index in [1.165, 1.54) is 12.1 Å². The second-order valence-corrected chi connectivity index (χ2v) is 5.38. The minimum atomic E-state index is -0.428. The highest BCUT2D eigenvalue weighted by Crippen LogP contribution is 2.32. The van der Waals surface area contributed by atoms with Crippen molar-refractivity contribution in [2.45, 2.75) is 31.0 Å². The van der Waals surface area contributed by atoms with Crippen molar-refractivity contribution in [3.05, 3.63) is 41.2 Å². The molecule has 3 atom stereocenters. The quantitative estimate of drug-likeness (QED) is 0.763. The third-order valence-corrected chi connectivity index (χ3v) is 4.11. The number of nitrogens with zero attached hydrogens (tertiary/aromatic N) is 1. The summed E-state index contributed by atoms with van der Waals surface area (Å²) < 4.78 is 19.2. The van der Waals surface area contributed by atoms with E-state index in [1.54, 1.807) is 6.07 Å². The number of piperidine rings is 1. The fourth-order valence-electron chi connectivity index (χ4n) is 2.74. The zero-order chi connectivity index (χ0) is 12.7. The molecule has 2 bridgehead atoms. The number of ether oxygens (including phenoxy) is 1. The van der Waals surface area contributed by atoms with Gasteiger partial charge in [0.15, 0.2) is 0 Å². The van der Waals surface area contributed by atoms with Gasteiger partial charge in [0.2, 0.25) is 0 Å². The zero-order valence-corrected chi connectivity index (χ0v) is 10.9. The van der Waals surface area contributed by atoms with Gasteiger partial charge in [-0.15, -0.1) is 0 Å². The van der Waals surface area contributed by atoms with Crippen molar-refractivity contribution in [2.24, 2.45) is 0 Å². The summed E-state index contributed by atoms with van der Waals surface area (Å²) in [5.74, 6) is 0.133. The molecule has 0 N–H and O–H groups in total. The lowest BCUT2D eigenvalue weighted by molar-refractivity contribution is 0.0749. The summed E-state index contributed by atoms with van der Waals surface area (Å²) in [6, 6.07) is 5.51. The van der Waals surface area contributed by atoms with E-state index in [0.29, 0.717) is 17.8 Å². The molecule has 2 aliphatic rings. The SMILES string of the molecule is CN1[C@@H]2C=C[C@H]1CC(Oc1ccc(Cl)c(F)c1)C2. The normalized spacial score (nSPS) is 30.7. The van der Waals surface area contributed by atoms with Crippen molar-refractivity contribution in [2.75, 3.05) is 7.05 Å². The van der Waals surface area contributed by atoms with E-state index >= 15 is 0 Å². The molecule has 2 heterocycles. The number of hydrogen-bond acceptors (Lipinski definition) is 2. The largest absolute Gasteiger partial charge is 0.490 e. The summed E-state index contributed by atoms with van der Waals surface area (Å²) in [7, 11) is 2.13. The molecule has 0 aromatic heterocycles. The van der Waals surface area contributed by atoms with E-state index < -0.39 is 5.82 Å². The predicted molar refractivity (Wildman–Crippen MR) is 69.5 cm³/mol. The predicted octanol–water partition coefficient (Wildman–Crippen LogP) is 3.26. The molecule has 1 fully saturated rings. The van der Waals surface area contributed by atoms with Crippen LogP contribution >= 0.6 is 11.6 Å². The van der Waals surface area contributed by atoms with E-state index in [9.17, 15) is 4.39 Å². The van der Waals surface area contributed by atoms with Gasteiger partial charge >= 0.3 is 0 Å². The van der Waals surface area contributed by atoms with Crippen LogP contribution in [0.4, 0.5) is 4.39 Å². The molecular formula is C14H15ClFNO. The van der Waals surface area contributed by atoms with E-state index in [1.807, 2.05) is 0 Å². The van der Waals surface area contributed by atoms with E-state index in [0.717, 1.165) is 12.8 Å². The number of benzene rings is 1. The summed E-state index contributed by atoms with van der Waals surface area (Å²) in [5, 5.41) is 0.132. The van der Waals surface area contributed by atoms with Crippen molar-refractivity contribution >= 4 is 11.6 Å². The molecule has 96 valence electrons. The maximum Gasteiger partial charge on any atom is 0.145 e. The highest BCUT2D eigenvalue weighted by atomic mass is 35.5. The lowest BCUT2D eigenvalue weighted by atomic mass is 9.99. The van der Waals surface area contributed by atoms with Crippen molar-refractivity contribution in [3.63, 3.8) is 0 Å². The van der Waals surface area contributed by atoms with E-state index in [2.05, 4.69) is 24.1 Å². The molecule has 0 aliphatic carbocycles. The van der Waals surface area contributed by atoms with Gasteiger partial charge in [-0.1, -0.05) is 23.8 Å². The average molecular weight is 268 g/mol. The zero-order valence-electron chi connectivity index (χ0n) is 10.1. The molecule has 1 aromatic carbocycles. The van der Waals surface area contributed by atoms with Crippen LogP contribution in [0.15, 0.2) is 30.4 Å². The van der Waals surface area contributed by atoms with Crippen LogP contribution in [0.3, 0.4) is 0 Å². The number of likely N-dealkylation sites (N-methyl/N-ethyl adjacent to an activating group) is 1. The Morgan fingerprint density at radius 1 is 1.28 bits per heavy atom. The Bertz CT molecular complexity index is 475. The number of hydrogen-bond donors (Lipinski definition) is 0. The number of fused-ring (bicyclic) bond motifs is 2. The summed E-state index contributed by atoms with van der Waals surface area (Å²) in [4.78, 5) is 2.35. The molecule has 2 nitrogen and oxygen atoms in total. The molecule has 0 spiro atoms. The molecule has 2 aliphatic heterocycles. The van der Waals surface area contributed by atoms with E-state index in [-0.39, 0.29) is 11.1 Å². The minimum absolute atomic E-state index is 0.132. The number of halogens is 2. The standard InChI is InChI=1S/C14H15ClFNO/c1-17-9-2-3-10(17)7-12(6-9)18-11-4-5-13(15)14(16)8-11/h2-5,8-10,12H,6-7H2,1H3/t9-,10+,12?. The van der Waals surface area contributed by atoms with Gasteiger partial charge in [0.25, 0.3) is 0 Å². The minimum Gasteiger partial charge on any atom is -0.490 e. The van der Waals surface area contributed by atoms with Gasteiger partial charge < -0.3 is 4.74 Å². The first-order chi connectivity index (χ1) is 8.63. The second-order valence-electron chi connectivity index (χ2n) is 4.97. The second kappa shape index (κ2) is 4.56. The van der Waals surface area contributed by atoms with E-state index in [4.69, 9.17) is 16.3 Å². The molecule has 1 unspecified atom stereocenters. The van der Waals surface area contributed by atoms with Crippen LogP contribution in [-0.2, 0) is 0 Å². The highest BCUT2D eigenvalue weighted by molar-refractivity contribution is 6.30. The van der Waals surface area contributed by atoms with Crippen molar-refractivity contribution in [1.82, 2.24) is 4.90 Å². The van der Waals surface area contributed by atoms with Gasteiger partial charge in [0, 0.05) is 31.0 Å². The molecule has 4 heteroatoms. The van der Waals surface area contributed by atoms with Crippen LogP contribution in [0, 0.1) is 5.82 Å². The van der Waals surface area contributed by atoms with Crippen molar-refractivity contribution in [3.8, 4) is 5.75 Å². The van der Waals surface area contributed by atoms with Gasteiger partial charge in [0.1, 0.15) is 17.7 Å². The lowest BCUT2D eigenvalue weighted by Gasteiger charge is -2.36. The average Bonchev–Trinajstić information content (AvgIpc) is 2.58. The van der Waals surface area contributed by atoms with Crippen LogP contribution in [0.2, 0.25) is 5.02 Å². The maximum atomic E-state index is 13.3. The monoisotopic (exact) mass is 267 g/mol. The van der Waals surface area contributed by atoms with Gasteiger partial charge in [0.05, 0.1) is 5.02 Å². The van der Waals surface area contributed by atoms with Crippen molar-refractivity contribution < 1.29 is 9.13 Å². The van der Waals surface area contributed by atoms with Crippen LogP contribution in [0.5, 0.6) is 5.75 Å². The first-order valence-corrected chi connectivity index (χ1v) is 6.53. The Labute approximate surface area is 111 Å². The molecule has 0 saturated carbocycles. The fourth-order valence-corrected chi connectivity index (χ4v) is 2.85. The Kier molecular flexibility index (Phi) is 3.04. The first-order valence-electron chi connectivity index (χ1n) is 6.15. The summed E-state index contributed by atoms with van der Waals surface area (Å²) in [6.07, 6.45) is 6.51. The lowest BCUT2D eigenvalue weighted by Crippen LogP contribution is -2.44. The molecule has 3 rings (SSSR count). The maximum absolute atomic E-state index is 13.3. The molecule has 18 heavy (non-hydrogen) atoms. The Balaban J connectivity index is 1.69. The molecule has 0 amide bonds. The molecule has 0 radical (unpaired) electrons. The third kappa shape index (κ3) is 2.13. The van der Waals surface area contributed by atoms with Gasteiger partial charge in [-0.05, 0) is 19.2 Å². The summed E-state index contributed by atoms with van der Waals surface area (Å²) in [5.41, 5.74) is 0. The fraction of sp³-hybridized carbons (Fsp3) is 0.429. The molecule has 1 aromatic rings. The summed E-state index contributed by atoms with van der Waals surface area (Å²) >= 11 is 5.65. The van der Waals surface area contributed by atoms with Crippen molar-refractivity contribution in [1.29, 1.82) is 0 Å². The topological polar surface area (TPSA) is 12.5 Å². The Morgan fingerprint density at radius 3 is 2.56 bits per heavy atom. The third-order valence-electron chi connectivity index (χ3n) is 3.80. The highest BCUT2D eigenvalue weighted by Gasteiger charge is 2.35. The Morgan fingerprint density at radius 2 is 1.94 bits per heavy atom. The van der Waals surface area contributed by atoms with Crippen LogP contribution < -0.4 is 4.74 Å². The van der Waals surface area contributed by atoms with Gasteiger partial charge in [-0.25, -0.2) is 4.39 Å². The van der Waals surface area contributed by atoms with Gasteiger partial charge in [-0.3, -0.25) is 4.90 Å².